The van der Waals surface area contributed by atoms with E-state index < -0.39 is 6.04 Å². The molecule has 0 aliphatic rings. The van der Waals surface area contributed by atoms with Crippen LogP contribution in [0.25, 0.3) is 0 Å². The molecule has 8 nitrogen and oxygen atoms in total. The van der Waals surface area contributed by atoms with Gasteiger partial charge < -0.3 is 15.4 Å². The van der Waals surface area contributed by atoms with Crippen LogP contribution in [0.5, 0.6) is 5.75 Å². The first-order valence-corrected chi connectivity index (χ1v) is 12.2. The highest BCUT2D eigenvalue weighted by atomic mass is 35.5. The lowest BCUT2D eigenvalue weighted by Gasteiger charge is -2.20. The first-order chi connectivity index (χ1) is 16.2. The van der Waals surface area contributed by atoms with Crippen LogP contribution in [-0.2, 0) is 4.79 Å². The first kappa shape index (κ1) is 26.2. The highest BCUT2D eigenvalue weighted by molar-refractivity contribution is 7.99. The van der Waals surface area contributed by atoms with Gasteiger partial charge in [-0.2, -0.15) is 0 Å². The van der Waals surface area contributed by atoms with Crippen molar-refractivity contribution < 1.29 is 14.3 Å². The highest BCUT2D eigenvalue weighted by Gasteiger charge is 2.24. The van der Waals surface area contributed by atoms with Crippen molar-refractivity contribution in [1.82, 2.24) is 20.5 Å². The molecule has 3 N–H and O–H groups in total. The number of methoxy groups -OCH3 is 1. The molecule has 0 radical (unpaired) electrons. The number of anilines is 1. The second kappa shape index (κ2) is 11.8. The molecule has 0 bridgehead atoms. The molecule has 0 aliphatic heterocycles. The Kier molecular flexibility index (Phi) is 9.07. The van der Waals surface area contributed by atoms with Gasteiger partial charge in [0.05, 0.1) is 35.2 Å². The second-order valence-corrected chi connectivity index (χ2v) is 9.73. The zero-order valence-corrected chi connectivity index (χ0v) is 21.6. The van der Waals surface area contributed by atoms with Gasteiger partial charge in [-0.25, -0.2) is 4.98 Å². The number of thioether (sulfide) groups is 1. The Morgan fingerprint density at radius 1 is 1.12 bits per heavy atom. The molecule has 1 atom stereocenters. The zero-order chi connectivity index (χ0) is 24.8. The molecule has 0 aliphatic carbocycles. The van der Waals surface area contributed by atoms with Crippen molar-refractivity contribution in [3.8, 4) is 5.75 Å². The minimum Gasteiger partial charge on any atom is -0.495 e. The second-order valence-electron chi connectivity index (χ2n) is 7.50. The van der Waals surface area contributed by atoms with Gasteiger partial charge in [-0.15, -0.1) is 5.10 Å². The number of carbonyl (C=O) groups excluding carboxylic acids is 2. The quantitative estimate of drug-likeness (QED) is 0.302. The van der Waals surface area contributed by atoms with Crippen molar-refractivity contribution in [1.29, 1.82) is 0 Å². The third kappa shape index (κ3) is 6.79. The third-order valence-electron chi connectivity index (χ3n) is 4.67. The van der Waals surface area contributed by atoms with Crippen LogP contribution in [0.15, 0.2) is 41.6 Å². The van der Waals surface area contributed by atoms with Gasteiger partial charge in [0, 0.05) is 10.0 Å². The maximum absolute atomic E-state index is 12.8. The number of hydrogen-bond donors (Lipinski definition) is 3. The number of rotatable bonds is 9. The molecule has 0 unspecified atom stereocenters. The van der Waals surface area contributed by atoms with Crippen molar-refractivity contribution in [2.75, 3.05) is 18.2 Å². The highest BCUT2D eigenvalue weighted by Crippen LogP contribution is 2.28. The van der Waals surface area contributed by atoms with Gasteiger partial charge >= 0.3 is 0 Å². The fourth-order valence-corrected chi connectivity index (χ4v) is 4.27. The van der Waals surface area contributed by atoms with Crippen molar-refractivity contribution in [2.45, 2.75) is 25.0 Å². The normalized spacial score (nSPS) is 11.9. The van der Waals surface area contributed by atoms with Gasteiger partial charge in [-0.3, -0.25) is 14.7 Å². The number of H-pyrrole nitrogens is 1. The van der Waals surface area contributed by atoms with E-state index in [2.05, 4.69) is 25.8 Å². The van der Waals surface area contributed by atoms with Gasteiger partial charge in [0.15, 0.2) is 0 Å². The summed E-state index contributed by atoms with van der Waals surface area (Å²) in [6, 6.07) is 9.17. The Labute approximate surface area is 216 Å². The smallest absolute Gasteiger partial charge is 0.253 e. The molecule has 1 aromatic heterocycles. The number of aromatic amines is 1. The van der Waals surface area contributed by atoms with E-state index in [0.29, 0.717) is 38.0 Å². The van der Waals surface area contributed by atoms with Crippen LogP contribution in [0, 0.1) is 5.92 Å². The van der Waals surface area contributed by atoms with Crippen molar-refractivity contribution >= 4 is 64.1 Å². The molecule has 0 fully saturated rings. The predicted molar refractivity (Wildman–Crippen MR) is 135 cm³/mol. The molecule has 3 rings (SSSR count). The number of carbonyl (C=O) groups is 2. The van der Waals surface area contributed by atoms with Gasteiger partial charge in [0.1, 0.15) is 11.6 Å². The molecule has 34 heavy (non-hydrogen) atoms. The van der Waals surface area contributed by atoms with Crippen LogP contribution in [0.2, 0.25) is 15.1 Å². The molecule has 0 saturated carbocycles. The summed E-state index contributed by atoms with van der Waals surface area (Å²) < 4.78 is 5.23. The summed E-state index contributed by atoms with van der Waals surface area (Å²) in [7, 11) is 1.51. The average Bonchev–Trinajstić information content (AvgIpc) is 3.24. The van der Waals surface area contributed by atoms with E-state index in [0.717, 1.165) is 11.8 Å². The third-order valence-corrected chi connectivity index (χ3v) is 6.30. The summed E-state index contributed by atoms with van der Waals surface area (Å²) in [5, 5.41) is 14.2. The summed E-state index contributed by atoms with van der Waals surface area (Å²) in [5.74, 6) is 0.391. The summed E-state index contributed by atoms with van der Waals surface area (Å²) in [6.07, 6.45) is 0. The van der Waals surface area contributed by atoms with E-state index in [1.165, 1.54) is 13.2 Å². The van der Waals surface area contributed by atoms with E-state index in [-0.39, 0.29) is 28.5 Å². The first-order valence-electron chi connectivity index (χ1n) is 10.1. The molecule has 3 aromatic rings. The molecule has 0 saturated heterocycles. The molecule has 12 heteroatoms. The molecule has 180 valence electrons. The molecule has 2 amide bonds. The standard InChI is InChI=1S/C22H22Cl3N5O3S/c1-11(2)19(27-21(32)14-6-4-12(23)8-15(14)25)20-28-22(30-29-20)34-10-18(31)26-16-9-13(24)5-7-17(16)33-3/h4-9,11,19H,10H2,1-3H3,(H,26,31)(H,27,32)(H,28,29,30)/t19-/m0/s1. The van der Waals surface area contributed by atoms with E-state index in [1.54, 1.807) is 30.3 Å². The number of ether oxygens (including phenoxy) is 1. The Balaban J connectivity index is 1.63. The Bertz CT molecular complexity index is 1190. The lowest BCUT2D eigenvalue weighted by Crippen LogP contribution is -2.32. The van der Waals surface area contributed by atoms with Crippen LogP contribution in [0.4, 0.5) is 5.69 Å². The van der Waals surface area contributed by atoms with Crippen LogP contribution >= 0.6 is 46.6 Å². The number of amides is 2. The fraction of sp³-hybridized carbons (Fsp3) is 0.273. The van der Waals surface area contributed by atoms with E-state index >= 15 is 0 Å². The molecular formula is C22H22Cl3N5O3S. The topological polar surface area (TPSA) is 109 Å². The van der Waals surface area contributed by atoms with Crippen molar-refractivity contribution in [3.63, 3.8) is 0 Å². The molecular weight excluding hydrogens is 521 g/mol. The maximum Gasteiger partial charge on any atom is 0.253 e. The Morgan fingerprint density at radius 3 is 2.50 bits per heavy atom. The monoisotopic (exact) mass is 541 g/mol. The van der Waals surface area contributed by atoms with Gasteiger partial charge in [0.25, 0.3) is 5.91 Å². The van der Waals surface area contributed by atoms with E-state index in [1.807, 2.05) is 13.8 Å². The number of aromatic nitrogens is 3. The Morgan fingerprint density at radius 2 is 1.82 bits per heavy atom. The maximum atomic E-state index is 12.8. The van der Waals surface area contributed by atoms with Crippen LogP contribution in [0.1, 0.15) is 36.1 Å². The minimum atomic E-state index is -0.453. The van der Waals surface area contributed by atoms with Crippen LogP contribution in [-0.4, -0.2) is 39.9 Å². The van der Waals surface area contributed by atoms with Crippen molar-refractivity contribution in [3.05, 3.63) is 62.9 Å². The van der Waals surface area contributed by atoms with Gasteiger partial charge in [-0.05, 0) is 42.3 Å². The van der Waals surface area contributed by atoms with E-state index in [4.69, 9.17) is 39.5 Å². The molecule has 2 aromatic carbocycles. The average molecular weight is 543 g/mol. The summed E-state index contributed by atoms with van der Waals surface area (Å²) in [4.78, 5) is 29.6. The van der Waals surface area contributed by atoms with Crippen LogP contribution in [0.3, 0.4) is 0 Å². The SMILES string of the molecule is COc1ccc(Cl)cc1NC(=O)CSc1n[nH]c([C@@H](NC(=O)c2ccc(Cl)cc2Cl)C(C)C)n1. The van der Waals surface area contributed by atoms with Crippen LogP contribution < -0.4 is 15.4 Å². The number of benzene rings is 2. The lowest BCUT2D eigenvalue weighted by molar-refractivity contribution is -0.113. The number of halogens is 3. The largest absolute Gasteiger partial charge is 0.495 e. The number of nitrogens with zero attached hydrogens (tertiary/aromatic N) is 2. The Hall–Kier alpha value is -2.46. The van der Waals surface area contributed by atoms with E-state index in [9.17, 15) is 9.59 Å². The summed E-state index contributed by atoms with van der Waals surface area (Å²) in [6.45, 7) is 3.88. The minimum absolute atomic E-state index is 0.000539. The summed E-state index contributed by atoms with van der Waals surface area (Å²) >= 11 is 19.2. The number of nitrogens with one attached hydrogen (secondary N) is 3. The summed E-state index contributed by atoms with van der Waals surface area (Å²) in [5.41, 5.74) is 0.777. The van der Waals surface area contributed by atoms with Gasteiger partial charge in [0.2, 0.25) is 11.1 Å². The lowest BCUT2D eigenvalue weighted by atomic mass is 10.0. The predicted octanol–water partition coefficient (Wildman–Crippen LogP) is 5.63. The zero-order valence-electron chi connectivity index (χ0n) is 18.5. The van der Waals surface area contributed by atoms with Gasteiger partial charge in [-0.1, -0.05) is 60.4 Å². The molecule has 0 spiro atoms. The number of hydrogen-bond acceptors (Lipinski definition) is 6. The molecule has 1 heterocycles. The van der Waals surface area contributed by atoms with Crippen molar-refractivity contribution in [2.24, 2.45) is 5.92 Å². The fourth-order valence-electron chi connectivity index (χ4n) is 3.00.